The Morgan fingerprint density at radius 3 is 2.16 bits per heavy atom. The van der Waals surface area contributed by atoms with Crippen LogP contribution in [0.4, 0.5) is 11.4 Å². The smallest absolute Gasteiger partial charge is 0.256 e. The number of rotatable bonds is 4. The third-order valence-electron chi connectivity index (χ3n) is 6.40. The van der Waals surface area contributed by atoms with Gasteiger partial charge in [0.2, 0.25) is 0 Å². The molecular weight excluding hydrogens is 426 g/mol. The van der Waals surface area contributed by atoms with E-state index in [0.717, 1.165) is 18.8 Å². The molecule has 4 rings (SSSR count). The molecule has 2 heterocycles. The van der Waals surface area contributed by atoms with Gasteiger partial charge in [-0.2, -0.15) is 0 Å². The molecule has 8 heteroatoms. The Hall–Kier alpha value is -2.58. The minimum Gasteiger partial charge on any atom is -0.378 e. The molecule has 0 unspecified atom stereocenters. The van der Waals surface area contributed by atoms with E-state index in [-0.39, 0.29) is 10.8 Å². The minimum atomic E-state index is -3.41. The number of ether oxygens (including phenoxy) is 1. The van der Waals surface area contributed by atoms with E-state index in [9.17, 15) is 13.2 Å². The molecule has 172 valence electrons. The predicted molar refractivity (Wildman–Crippen MR) is 127 cm³/mol. The van der Waals surface area contributed by atoms with Gasteiger partial charge in [0.05, 0.1) is 23.7 Å². The van der Waals surface area contributed by atoms with Crippen LogP contribution in [0.3, 0.4) is 0 Å². The highest BCUT2D eigenvalue weighted by atomic mass is 32.2. The fourth-order valence-corrected chi connectivity index (χ4v) is 4.90. The lowest BCUT2D eigenvalue weighted by Crippen LogP contribution is -2.49. The zero-order valence-electron chi connectivity index (χ0n) is 19.0. The number of anilines is 2. The Morgan fingerprint density at radius 2 is 1.53 bits per heavy atom. The second-order valence-electron chi connectivity index (χ2n) is 8.60. The molecule has 2 saturated heterocycles. The lowest BCUT2D eigenvalue weighted by Gasteiger charge is -2.37. The molecule has 0 aromatic heterocycles. The number of carbonyl (C=O) groups excluding carboxylic acids is 1. The number of aryl methyl sites for hydroxylation is 2. The summed E-state index contributed by atoms with van der Waals surface area (Å²) in [5.41, 5.74) is 4.93. The molecule has 0 bridgehead atoms. The molecule has 0 spiro atoms. The van der Waals surface area contributed by atoms with E-state index in [1.165, 1.54) is 29.1 Å². The Kier molecular flexibility index (Phi) is 6.44. The standard InChI is InChI=1S/C24H31N3O4S/c1-18-4-5-20(16-19(18)2)25-8-10-27(11-9-25)24(28)22-17-21(32(3,29)30)6-7-23(22)26-12-14-31-15-13-26/h4-7,16-17H,8-15H2,1-3H3. The number of piperazine rings is 1. The molecule has 2 aromatic carbocycles. The summed E-state index contributed by atoms with van der Waals surface area (Å²) in [6.45, 7) is 9.44. The van der Waals surface area contributed by atoms with Crippen molar-refractivity contribution in [2.45, 2.75) is 18.7 Å². The zero-order chi connectivity index (χ0) is 22.9. The number of amides is 1. The van der Waals surface area contributed by atoms with Gasteiger partial charge in [-0.3, -0.25) is 4.79 Å². The molecule has 2 aliphatic heterocycles. The van der Waals surface area contributed by atoms with Crippen molar-refractivity contribution in [2.75, 3.05) is 68.5 Å². The number of sulfone groups is 1. The first-order valence-corrected chi connectivity index (χ1v) is 12.9. The molecule has 2 fully saturated rings. The van der Waals surface area contributed by atoms with Crippen LogP contribution in [0.1, 0.15) is 21.5 Å². The van der Waals surface area contributed by atoms with Crippen LogP contribution in [0.25, 0.3) is 0 Å². The molecule has 7 nitrogen and oxygen atoms in total. The molecule has 2 aromatic rings. The van der Waals surface area contributed by atoms with Crippen LogP contribution >= 0.6 is 0 Å². The van der Waals surface area contributed by atoms with Crippen LogP contribution in [0, 0.1) is 13.8 Å². The first-order valence-electron chi connectivity index (χ1n) is 11.0. The zero-order valence-corrected chi connectivity index (χ0v) is 19.8. The third-order valence-corrected chi connectivity index (χ3v) is 7.51. The minimum absolute atomic E-state index is 0.114. The van der Waals surface area contributed by atoms with Gasteiger partial charge in [0.1, 0.15) is 0 Å². The molecular formula is C24H31N3O4S. The molecule has 1 amide bonds. The van der Waals surface area contributed by atoms with E-state index in [2.05, 4.69) is 41.8 Å². The molecule has 0 saturated carbocycles. The van der Waals surface area contributed by atoms with Crippen molar-refractivity contribution in [1.29, 1.82) is 0 Å². The van der Waals surface area contributed by atoms with Gasteiger partial charge in [0.15, 0.2) is 9.84 Å². The van der Waals surface area contributed by atoms with Crippen LogP contribution in [0.15, 0.2) is 41.3 Å². The largest absolute Gasteiger partial charge is 0.378 e. The van der Waals surface area contributed by atoms with Crippen LogP contribution in [0.5, 0.6) is 0 Å². The van der Waals surface area contributed by atoms with Gasteiger partial charge >= 0.3 is 0 Å². The maximum absolute atomic E-state index is 13.5. The number of carbonyl (C=O) groups is 1. The fraction of sp³-hybridized carbons (Fsp3) is 0.458. The van der Waals surface area contributed by atoms with Crippen molar-refractivity contribution >= 4 is 27.1 Å². The highest BCUT2D eigenvalue weighted by Crippen LogP contribution is 2.28. The normalized spacial score (nSPS) is 17.5. The van der Waals surface area contributed by atoms with Gasteiger partial charge in [0.25, 0.3) is 5.91 Å². The van der Waals surface area contributed by atoms with E-state index in [1.54, 1.807) is 12.1 Å². The van der Waals surface area contributed by atoms with E-state index in [0.29, 0.717) is 45.0 Å². The molecule has 32 heavy (non-hydrogen) atoms. The van der Waals surface area contributed by atoms with Crippen molar-refractivity contribution in [3.63, 3.8) is 0 Å². The SMILES string of the molecule is Cc1ccc(N2CCN(C(=O)c3cc(S(C)(=O)=O)ccc3N3CCOCC3)CC2)cc1C. The van der Waals surface area contributed by atoms with Gasteiger partial charge in [0, 0.05) is 56.9 Å². The summed E-state index contributed by atoms with van der Waals surface area (Å²) >= 11 is 0. The van der Waals surface area contributed by atoms with Crippen molar-refractivity contribution in [3.05, 3.63) is 53.1 Å². The highest BCUT2D eigenvalue weighted by Gasteiger charge is 2.27. The molecule has 0 aliphatic carbocycles. The quantitative estimate of drug-likeness (QED) is 0.703. The van der Waals surface area contributed by atoms with Gasteiger partial charge in [-0.1, -0.05) is 6.07 Å². The Labute approximate surface area is 190 Å². The Balaban J connectivity index is 1.56. The first kappa shape index (κ1) is 22.6. The maximum Gasteiger partial charge on any atom is 0.256 e. The van der Waals surface area contributed by atoms with Gasteiger partial charge < -0.3 is 19.4 Å². The van der Waals surface area contributed by atoms with Crippen LogP contribution < -0.4 is 9.80 Å². The summed E-state index contributed by atoms with van der Waals surface area (Å²) in [5.74, 6) is -0.114. The highest BCUT2D eigenvalue weighted by molar-refractivity contribution is 7.90. The number of morpholine rings is 1. The van der Waals surface area contributed by atoms with Crippen molar-refractivity contribution in [3.8, 4) is 0 Å². The topological polar surface area (TPSA) is 70.2 Å². The number of nitrogens with zero attached hydrogens (tertiary/aromatic N) is 3. The number of hydrogen-bond donors (Lipinski definition) is 0. The summed E-state index contributed by atoms with van der Waals surface area (Å²) < 4.78 is 29.8. The average molecular weight is 458 g/mol. The van der Waals surface area contributed by atoms with Crippen molar-refractivity contribution < 1.29 is 17.9 Å². The second-order valence-corrected chi connectivity index (χ2v) is 10.6. The average Bonchev–Trinajstić information content (AvgIpc) is 2.80. The number of benzene rings is 2. The van der Waals surface area contributed by atoms with E-state index < -0.39 is 9.84 Å². The van der Waals surface area contributed by atoms with Crippen LogP contribution in [0.2, 0.25) is 0 Å². The Bertz CT molecular complexity index is 1100. The first-order chi connectivity index (χ1) is 15.2. The van der Waals surface area contributed by atoms with Crippen molar-refractivity contribution in [2.24, 2.45) is 0 Å². The third kappa shape index (κ3) is 4.76. The summed E-state index contributed by atoms with van der Waals surface area (Å²) in [6, 6.07) is 11.4. The van der Waals surface area contributed by atoms with E-state index >= 15 is 0 Å². The summed E-state index contributed by atoms with van der Waals surface area (Å²) in [7, 11) is -3.41. The second kappa shape index (κ2) is 9.11. The molecule has 0 N–H and O–H groups in total. The van der Waals surface area contributed by atoms with Crippen LogP contribution in [-0.4, -0.2) is 78.0 Å². The fourth-order valence-electron chi connectivity index (χ4n) is 4.26. The van der Waals surface area contributed by atoms with E-state index in [4.69, 9.17) is 4.74 Å². The maximum atomic E-state index is 13.5. The predicted octanol–water partition coefficient (Wildman–Crippen LogP) is 2.51. The lowest BCUT2D eigenvalue weighted by atomic mass is 10.1. The lowest BCUT2D eigenvalue weighted by molar-refractivity contribution is 0.0746. The van der Waals surface area contributed by atoms with Gasteiger partial charge in [-0.05, 0) is 55.3 Å². The van der Waals surface area contributed by atoms with Crippen molar-refractivity contribution in [1.82, 2.24) is 4.90 Å². The molecule has 0 radical (unpaired) electrons. The summed E-state index contributed by atoms with van der Waals surface area (Å²) in [6.07, 6.45) is 1.17. The summed E-state index contributed by atoms with van der Waals surface area (Å²) in [4.78, 5) is 20.0. The van der Waals surface area contributed by atoms with E-state index in [1.807, 2.05) is 4.90 Å². The monoisotopic (exact) mass is 457 g/mol. The molecule has 0 atom stereocenters. The van der Waals surface area contributed by atoms with Crippen LogP contribution in [-0.2, 0) is 14.6 Å². The number of hydrogen-bond acceptors (Lipinski definition) is 6. The Morgan fingerprint density at radius 1 is 0.844 bits per heavy atom. The molecule has 2 aliphatic rings. The van der Waals surface area contributed by atoms with Gasteiger partial charge in [-0.15, -0.1) is 0 Å². The van der Waals surface area contributed by atoms with Gasteiger partial charge in [-0.25, -0.2) is 8.42 Å². The summed E-state index contributed by atoms with van der Waals surface area (Å²) in [5, 5.41) is 0.